The minimum atomic E-state index is -3.31. The van der Waals surface area contributed by atoms with Gasteiger partial charge in [-0.1, -0.05) is 150 Å². The van der Waals surface area contributed by atoms with Gasteiger partial charge in [0.25, 0.3) is 5.17 Å². The molecule has 0 radical (unpaired) electrons. The van der Waals surface area contributed by atoms with E-state index in [1.54, 1.807) is 45.6 Å². The van der Waals surface area contributed by atoms with Crippen LogP contribution in [-0.4, -0.2) is 197 Å². The fraction of sp³-hybridized carbons (Fsp3) is 0.275. The number of benzene rings is 11. The summed E-state index contributed by atoms with van der Waals surface area (Å²) in [5.74, 6) is 3.12. The molecule has 20 rings (SSSR count). The van der Waals surface area contributed by atoms with Crippen LogP contribution in [0.5, 0.6) is 28.7 Å². The summed E-state index contributed by atoms with van der Waals surface area (Å²) in [5, 5.41) is 15.2. The van der Waals surface area contributed by atoms with Crippen molar-refractivity contribution in [3.05, 3.63) is 349 Å². The van der Waals surface area contributed by atoms with Crippen LogP contribution in [0.15, 0.2) is 265 Å². The number of sulfone groups is 2. The van der Waals surface area contributed by atoms with Gasteiger partial charge < -0.3 is 79.0 Å². The average Bonchev–Trinajstić information content (AvgIpc) is 1.61. The largest absolute Gasteiger partial charge is 0.497 e. The Kier molecular flexibility index (Phi) is 30.1. The van der Waals surface area contributed by atoms with Crippen LogP contribution in [0.3, 0.4) is 0 Å². The van der Waals surface area contributed by atoms with Gasteiger partial charge in [-0.3, -0.25) is 24.1 Å². The van der Waals surface area contributed by atoms with Crippen molar-refractivity contribution in [3.63, 3.8) is 0 Å². The topological polar surface area (TPSA) is 304 Å². The van der Waals surface area contributed by atoms with E-state index in [1.165, 1.54) is 31.9 Å². The zero-order chi connectivity index (χ0) is 97.3. The smallest absolute Gasteiger partial charge is 0.265 e. The van der Waals surface area contributed by atoms with Crippen LogP contribution in [0.2, 0.25) is 10.0 Å². The lowest BCUT2D eigenvalue weighted by atomic mass is 9.91. The number of hydrogen-bond donors (Lipinski definition) is 7. The number of carbonyl (C=O) groups excluding carboxylic acids is 4. The number of nitrogens with one attached hydrogen (secondary N) is 7. The predicted octanol–water partition coefficient (Wildman–Crippen LogP) is 17.8. The molecule has 15 aromatic rings. The van der Waals surface area contributed by atoms with Gasteiger partial charge >= 0.3 is 0 Å². The number of carbonyl (C=O) groups is 4. The molecule has 0 aliphatic carbocycles. The Labute approximate surface area is 824 Å². The van der Waals surface area contributed by atoms with Gasteiger partial charge in [-0.05, 0) is 234 Å². The SMILES string of the molecule is CC(=O)N[C@@H](Cc1ccccc1)C(=O)N1CCc2c([nH]c3ccc(Cl)cc23)C1c1ccc(OCCN2CCOCC2)cc1.COc1ccc(C2NCCc3c2[nH]c2ccc(S(C)(=O)=O)cc32)cc1.COc1ccc(C2c3[nH]c4ccc(Cl)cc4c3CCN2C(=O)[C@H](Cc2ccccc2)NC(C)=O)cc1.COc1ccc(C2c3[nH]c4ccc(S(C)(=O)=O)cc4c3CCN2C(=S)Oc2ccc(C)cc2)cc1. The molecule has 25 nitrogen and oxygen atoms in total. The van der Waals surface area contributed by atoms with Crippen LogP contribution in [0.1, 0.15) is 122 Å². The molecule has 0 spiro atoms. The molecule has 139 heavy (non-hydrogen) atoms. The number of nitrogens with zero attached hydrogens (tertiary/aromatic N) is 4. The van der Waals surface area contributed by atoms with Gasteiger partial charge in [0.1, 0.15) is 47.4 Å². The van der Waals surface area contributed by atoms with Crippen molar-refractivity contribution in [2.24, 2.45) is 0 Å². The van der Waals surface area contributed by atoms with E-state index in [9.17, 15) is 36.0 Å². The molecule has 4 amide bonds. The minimum absolute atomic E-state index is 0.0590. The molecule has 5 aliphatic rings. The summed E-state index contributed by atoms with van der Waals surface area (Å²) in [6, 6.07) is 79.0. The normalized spacial score (nSPS) is 16.7. The molecule has 30 heteroatoms. The second-order valence-corrected chi connectivity index (χ2v) is 40.8. The number of amides is 4. The highest BCUT2D eigenvalue weighted by Crippen LogP contribution is 2.45. The highest BCUT2D eigenvalue weighted by Gasteiger charge is 2.42. The van der Waals surface area contributed by atoms with Crippen molar-refractivity contribution >= 4 is 128 Å². The zero-order valence-corrected chi connectivity index (χ0v) is 82.5. The van der Waals surface area contributed by atoms with Crippen LogP contribution in [0, 0.1) is 6.92 Å². The van der Waals surface area contributed by atoms with Gasteiger partial charge in [-0.2, -0.15) is 0 Å². The van der Waals surface area contributed by atoms with Crippen LogP contribution < -0.4 is 39.6 Å². The second-order valence-electron chi connectivity index (χ2n) is 35.5. The highest BCUT2D eigenvalue weighted by atomic mass is 35.5. The van der Waals surface area contributed by atoms with E-state index in [4.69, 9.17) is 63.8 Å². The van der Waals surface area contributed by atoms with Gasteiger partial charge in [-0.25, -0.2) is 16.8 Å². The molecule has 4 unspecified atom stereocenters. The molecule has 11 aromatic carbocycles. The number of morpholine rings is 1. The molecule has 6 atom stereocenters. The Morgan fingerprint density at radius 2 is 0.806 bits per heavy atom. The minimum Gasteiger partial charge on any atom is -0.497 e. The summed E-state index contributed by atoms with van der Waals surface area (Å²) >= 11 is 18.5. The Morgan fingerprint density at radius 3 is 1.22 bits per heavy atom. The van der Waals surface area contributed by atoms with Crippen molar-refractivity contribution < 1.29 is 64.4 Å². The number of rotatable bonds is 22. The number of thiocarbonyl (C=S) groups is 1. The maximum absolute atomic E-state index is 14.3. The summed E-state index contributed by atoms with van der Waals surface area (Å²) in [6.07, 6.45) is 6.24. The third kappa shape index (κ3) is 22.4. The fourth-order valence-corrected chi connectivity index (χ4v) is 21.4. The quantitative estimate of drug-likeness (QED) is 0.0310. The number of hydrogen-bond acceptors (Lipinski definition) is 17. The molecule has 4 aromatic heterocycles. The first-order valence-electron chi connectivity index (χ1n) is 46.4. The molecule has 0 bridgehead atoms. The third-order valence-electron chi connectivity index (χ3n) is 26.3. The van der Waals surface area contributed by atoms with Crippen LogP contribution in [0.4, 0.5) is 0 Å². The number of fused-ring (bicyclic) bond motifs is 12. The van der Waals surface area contributed by atoms with E-state index < -0.39 is 31.8 Å². The number of methoxy groups -OCH3 is 3. The van der Waals surface area contributed by atoms with E-state index >= 15 is 0 Å². The van der Waals surface area contributed by atoms with Crippen LogP contribution >= 0.6 is 35.4 Å². The van der Waals surface area contributed by atoms with Crippen LogP contribution in [0.25, 0.3) is 43.6 Å². The van der Waals surface area contributed by atoms with E-state index in [0.29, 0.717) is 89.1 Å². The molecular weight excluding hydrogens is 1850 g/mol. The molecule has 9 heterocycles. The standard InChI is InChI=1S/C34H37ClN4O4.C29H28ClN3O3.C27H26N2O4S2.C19H20N2O3S/c1-23(40)36-31(21-24-5-3-2-4-6-24)34(41)39-14-13-28-29-22-26(35)9-12-30(29)37-32(28)33(39)25-7-10-27(11-8-25)43-20-17-38-15-18-42-19-16-38;1-18(34)31-26(16-19-6-4-3-5-7-19)29(35)33-15-14-23-24-17-21(30)10-13-25(24)32-27(23)28(33)20-8-11-22(36-2)12-9-20;1-17-4-8-20(9-5-17)33-27(34)29-15-14-22-23-16-21(35(3,30)31)12-13-24(23)28-25(22)26(29)18-6-10-19(32-2)11-7-18;1-24-13-5-3-12(4-6-13)18-19-15(9-10-20-18)16-11-14(25(2,22)23)7-8-17(16)21-19/h2-12,22,31,33,37H,13-21H2,1H3,(H,36,40);3-13,17,26,28,32H,14-16H2,1-2H3,(H,31,34);4-13,16,26,28H,14-15H2,1-3H3;3-8,11,18,20-21H,9-10H2,1-2H3/t31-,33?;26-,28?;;/m00../s1. The van der Waals surface area contributed by atoms with E-state index in [-0.39, 0.29) is 47.8 Å². The van der Waals surface area contributed by atoms with E-state index in [2.05, 4.69) is 57.8 Å². The maximum Gasteiger partial charge on any atom is 0.265 e. The van der Waals surface area contributed by atoms with Crippen molar-refractivity contribution in [2.75, 3.05) is 99.5 Å². The molecule has 0 saturated carbocycles. The lowest BCUT2D eigenvalue weighted by Crippen LogP contribution is -2.52. The van der Waals surface area contributed by atoms with Gasteiger partial charge in [0.05, 0.1) is 68.5 Å². The molecule has 1 saturated heterocycles. The summed E-state index contributed by atoms with van der Waals surface area (Å²) in [7, 11) is -1.60. The van der Waals surface area contributed by atoms with Crippen LogP contribution in [-0.2, 0) is 82.1 Å². The fourth-order valence-electron chi connectivity index (χ4n) is 19.4. The monoisotopic (exact) mass is 1960 g/mol. The average molecular weight is 1970 g/mol. The molecular formula is C109H111Cl2N11O14S3. The van der Waals surface area contributed by atoms with Gasteiger partial charge in [-0.15, -0.1) is 0 Å². The maximum atomic E-state index is 14.3. The van der Waals surface area contributed by atoms with Gasteiger partial charge in [0.15, 0.2) is 19.7 Å². The number of H-pyrrole nitrogens is 4. The number of halogens is 2. The molecule has 1 fully saturated rings. The number of aryl methyl sites for hydroxylation is 1. The Morgan fingerprint density at radius 1 is 0.439 bits per heavy atom. The highest BCUT2D eigenvalue weighted by molar-refractivity contribution is 7.91. The molecule has 7 N–H and O–H groups in total. The second kappa shape index (κ2) is 43.0. The Bertz CT molecular complexity index is 7220. The summed E-state index contributed by atoms with van der Waals surface area (Å²) < 4.78 is 81.7. The van der Waals surface area contributed by atoms with Crippen molar-refractivity contribution in [2.45, 2.75) is 105 Å². The predicted molar refractivity (Wildman–Crippen MR) is 548 cm³/mol. The Hall–Kier alpha value is -13.3. The van der Waals surface area contributed by atoms with Gasteiger partial charge in [0, 0.05) is 161 Å². The number of ether oxygens (including phenoxy) is 6. The lowest BCUT2D eigenvalue weighted by molar-refractivity contribution is -0.138. The first-order valence-corrected chi connectivity index (χ1v) is 51.3. The molecule has 5 aliphatic heterocycles. The van der Waals surface area contributed by atoms with E-state index in [0.717, 1.165) is 191 Å². The first kappa shape index (κ1) is 97.4. The lowest BCUT2D eigenvalue weighted by Gasteiger charge is -2.38. The summed E-state index contributed by atoms with van der Waals surface area (Å²) in [6.45, 7) is 12.3. The first-order chi connectivity index (χ1) is 67.1. The third-order valence-corrected chi connectivity index (χ3v) is 29.3. The van der Waals surface area contributed by atoms with Gasteiger partial charge in [0.2, 0.25) is 23.6 Å². The summed E-state index contributed by atoms with van der Waals surface area (Å²) in [4.78, 5) is 75.8. The molecule has 718 valence electrons. The number of aromatic nitrogens is 4. The number of aromatic amines is 4. The van der Waals surface area contributed by atoms with Crippen molar-refractivity contribution in [1.82, 2.24) is 55.5 Å². The van der Waals surface area contributed by atoms with E-state index in [1.807, 2.05) is 235 Å². The van der Waals surface area contributed by atoms with Crippen molar-refractivity contribution in [3.8, 4) is 28.7 Å². The van der Waals surface area contributed by atoms with Crippen molar-refractivity contribution in [1.29, 1.82) is 0 Å². The zero-order valence-electron chi connectivity index (χ0n) is 78.5. The Balaban J connectivity index is 0.000000130. The summed E-state index contributed by atoms with van der Waals surface area (Å²) in [5.41, 5.74) is 19.7.